The lowest BCUT2D eigenvalue weighted by atomic mass is 10.3. The Bertz CT molecular complexity index is 849. The third kappa shape index (κ3) is 3.27. The molecule has 3 aromatic rings. The molecule has 7 nitrogen and oxygen atoms in total. The van der Waals surface area contributed by atoms with E-state index in [1.807, 2.05) is 6.07 Å². The number of carbonyl (C=O) groups is 1. The number of rotatable bonds is 5. The van der Waals surface area contributed by atoms with Gasteiger partial charge in [-0.3, -0.25) is 9.89 Å². The van der Waals surface area contributed by atoms with Crippen molar-refractivity contribution < 1.29 is 4.79 Å². The molecule has 1 amide bonds. The fraction of sp³-hybridized carbons (Fsp3) is 0.286. The summed E-state index contributed by atoms with van der Waals surface area (Å²) in [6.07, 6.45) is 4.30. The molecule has 2 N–H and O–H groups in total. The maximum Gasteiger partial charge on any atom is 0.231 e. The van der Waals surface area contributed by atoms with Gasteiger partial charge >= 0.3 is 0 Å². The Morgan fingerprint density at radius 3 is 3.13 bits per heavy atom. The van der Waals surface area contributed by atoms with Gasteiger partial charge in [-0.25, -0.2) is 9.67 Å². The van der Waals surface area contributed by atoms with Crippen LogP contribution in [0.5, 0.6) is 0 Å². The average Bonchev–Trinajstić information content (AvgIpc) is 2.91. The van der Waals surface area contributed by atoms with Crippen LogP contribution in [0.25, 0.3) is 5.13 Å². The van der Waals surface area contributed by atoms with Crippen LogP contribution in [-0.4, -0.2) is 30.9 Å². The lowest BCUT2D eigenvalue weighted by Crippen LogP contribution is -2.15. The zero-order valence-corrected chi connectivity index (χ0v) is 13.6. The molecule has 1 aliphatic rings. The molecule has 9 heteroatoms. The predicted octanol–water partition coefficient (Wildman–Crippen LogP) is 2.76. The van der Waals surface area contributed by atoms with Crippen LogP contribution in [-0.2, 0) is 11.2 Å². The first kappa shape index (κ1) is 14.4. The van der Waals surface area contributed by atoms with Gasteiger partial charge in [0.15, 0.2) is 0 Å². The summed E-state index contributed by atoms with van der Waals surface area (Å²) < 4.78 is 1.61. The molecule has 0 radical (unpaired) electrons. The van der Waals surface area contributed by atoms with Crippen LogP contribution in [0.15, 0.2) is 23.7 Å². The van der Waals surface area contributed by atoms with Crippen molar-refractivity contribution in [3.63, 3.8) is 0 Å². The Hall–Kier alpha value is -2.19. The highest BCUT2D eigenvalue weighted by atomic mass is 35.5. The lowest BCUT2D eigenvalue weighted by Gasteiger charge is -2.00. The number of hydrogen-bond acceptors (Lipinski definition) is 5. The van der Waals surface area contributed by atoms with Gasteiger partial charge in [0.05, 0.1) is 17.8 Å². The molecule has 1 aliphatic carbocycles. The van der Waals surface area contributed by atoms with Gasteiger partial charge in [0.25, 0.3) is 0 Å². The van der Waals surface area contributed by atoms with Crippen LogP contribution >= 0.6 is 22.9 Å². The van der Waals surface area contributed by atoms with Gasteiger partial charge in [-0.15, -0.1) is 11.3 Å². The molecular weight excluding hydrogens is 336 g/mol. The summed E-state index contributed by atoms with van der Waals surface area (Å²) in [4.78, 5) is 16.2. The summed E-state index contributed by atoms with van der Waals surface area (Å²) in [6, 6.07) is 3.68. The number of nitrogens with one attached hydrogen (secondary N) is 2. The van der Waals surface area contributed by atoms with E-state index in [1.54, 1.807) is 22.3 Å². The van der Waals surface area contributed by atoms with Crippen LogP contribution in [0.1, 0.15) is 30.1 Å². The molecule has 4 rings (SSSR count). The first-order valence-electron chi connectivity index (χ1n) is 7.18. The van der Waals surface area contributed by atoms with Crippen molar-refractivity contribution in [1.29, 1.82) is 0 Å². The van der Waals surface area contributed by atoms with E-state index in [2.05, 4.69) is 25.6 Å². The smallest absolute Gasteiger partial charge is 0.231 e. The van der Waals surface area contributed by atoms with Gasteiger partial charge in [-0.05, 0) is 18.9 Å². The molecule has 0 aromatic carbocycles. The number of anilines is 1. The van der Waals surface area contributed by atoms with Crippen LogP contribution in [0, 0.1) is 0 Å². The molecule has 1 fully saturated rings. The molecule has 23 heavy (non-hydrogen) atoms. The highest BCUT2D eigenvalue weighted by Gasteiger charge is 2.26. The summed E-state index contributed by atoms with van der Waals surface area (Å²) in [5.74, 6) is 1.04. The quantitative estimate of drug-likeness (QED) is 0.742. The van der Waals surface area contributed by atoms with Crippen LogP contribution in [0.4, 0.5) is 5.82 Å². The summed E-state index contributed by atoms with van der Waals surface area (Å²) in [5.41, 5.74) is 1.68. The third-order valence-corrected chi connectivity index (χ3v) is 4.67. The van der Waals surface area contributed by atoms with Crippen LogP contribution in [0.3, 0.4) is 0 Å². The molecular formula is C14H13ClN6OS. The van der Waals surface area contributed by atoms with Gasteiger partial charge < -0.3 is 5.32 Å². The average molecular weight is 349 g/mol. The fourth-order valence-electron chi connectivity index (χ4n) is 2.26. The van der Waals surface area contributed by atoms with Crippen molar-refractivity contribution >= 4 is 34.7 Å². The minimum Gasteiger partial charge on any atom is -0.311 e. The van der Waals surface area contributed by atoms with Gasteiger partial charge in [-0.2, -0.15) is 10.2 Å². The summed E-state index contributed by atoms with van der Waals surface area (Å²) in [5, 5.41) is 17.0. The highest BCUT2D eigenvalue weighted by molar-refractivity contribution is 7.12. The van der Waals surface area contributed by atoms with E-state index in [-0.39, 0.29) is 12.3 Å². The minimum absolute atomic E-state index is 0.140. The number of nitrogens with zero attached hydrogens (tertiary/aromatic N) is 4. The Kier molecular flexibility index (Phi) is 3.62. The monoisotopic (exact) mass is 348 g/mol. The van der Waals surface area contributed by atoms with Gasteiger partial charge in [-0.1, -0.05) is 11.6 Å². The molecule has 0 spiro atoms. The zero-order chi connectivity index (χ0) is 15.8. The highest BCUT2D eigenvalue weighted by Crippen LogP contribution is 2.39. The number of aromatic nitrogens is 5. The maximum absolute atomic E-state index is 12.1. The lowest BCUT2D eigenvalue weighted by molar-refractivity contribution is -0.115. The largest absolute Gasteiger partial charge is 0.311 e. The molecule has 1 saturated carbocycles. The van der Waals surface area contributed by atoms with E-state index in [1.165, 1.54) is 24.2 Å². The Labute approximate surface area is 140 Å². The van der Waals surface area contributed by atoms with Gasteiger partial charge in [0.2, 0.25) is 11.0 Å². The van der Waals surface area contributed by atoms with E-state index in [9.17, 15) is 4.79 Å². The van der Waals surface area contributed by atoms with E-state index in [0.29, 0.717) is 27.7 Å². The van der Waals surface area contributed by atoms with Gasteiger partial charge in [0, 0.05) is 23.6 Å². The second-order valence-corrected chi connectivity index (χ2v) is 6.63. The first-order chi connectivity index (χ1) is 11.2. The molecule has 118 valence electrons. The molecule has 0 saturated heterocycles. The van der Waals surface area contributed by atoms with E-state index in [0.717, 1.165) is 5.69 Å². The standard InChI is InChI=1S/C14H13ClN6OS/c15-11-7-23-14(16-11)21-4-3-9(20-21)5-13(22)17-12-6-10(18-19-12)8-1-2-8/h3-4,6-8H,1-2,5H2,(H2,17,18,19,22). The molecule has 3 aromatic heterocycles. The number of carbonyl (C=O) groups excluding carboxylic acids is 1. The first-order valence-corrected chi connectivity index (χ1v) is 8.44. The Balaban J connectivity index is 1.39. The van der Waals surface area contributed by atoms with Crippen molar-refractivity contribution in [2.75, 3.05) is 5.32 Å². The van der Waals surface area contributed by atoms with Crippen molar-refractivity contribution in [3.05, 3.63) is 40.3 Å². The van der Waals surface area contributed by atoms with Crippen molar-refractivity contribution in [2.24, 2.45) is 0 Å². The molecule has 0 atom stereocenters. The molecule has 0 unspecified atom stereocenters. The number of aromatic amines is 1. The summed E-state index contributed by atoms with van der Waals surface area (Å²) >= 11 is 7.20. The predicted molar refractivity (Wildman–Crippen MR) is 87.1 cm³/mol. The second kappa shape index (κ2) is 5.78. The van der Waals surface area contributed by atoms with Crippen LogP contribution < -0.4 is 5.32 Å². The number of H-pyrrole nitrogens is 1. The number of hydrogen-bond donors (Lipinski definition) is 2. The van der Waals surface area contributed by atoms with E-state index < -0.39 is 0 Å². The normalized spacial score (nSPS) is 14.1. The Morgan fingerprint density at radius 2 is 2.39 bits per heavy atom. The molecule has 0 aliphatic heterocycles. The summed E-state index contributed by atoms with van der Waals surface area (Å²) in [7, 11) is 0. The van der Waals surface area contributed by atoms with E-state index in [4.69, 9.17) is 11.6 Å². The number of thiazole rings is 1. The maximum atomic E-state index is 12.1. The number of amides is 1. The fourth-order valence-corrected chi connectivity index (χ4v) is 3.14. The van der Waals surface area contributed by atoms with Crippen molar-refractivity contribution in [2.45, 2.75) is 25.2 Å². The van der Waals surface area contributed by atoms with Crippen molar-refractivity contribution in [1.82, 2.24) is 25.0 Å². The topological polar surface area (TPSA) is 88.5 Å². The summed E-state index contributed by atoms with van der Waals surface area (Å²) in [6.45, 7) is 0. The molecule has 0 bridgehead atoms. The SMILES string of the molecule is O=C(Cc1ccn(-c2nc(Cl)cs2)n1)Nc1cc(C2CC2)n[nH]1. The van der Waals surface area contributed by atoms with Gasteiger partial charge in [0.1, 0.15) is 11.0 Å². The van der Waals surface area contributed by atoms with E-state index >= 15 is 0 Å². The second-order valence-electron chi connectivity index (χ2n) is 5.41. The zero-order valence-electron chi connectivity index (χ0n) is 12.0. The minimum atomic E-state index is -0.140. The third-order valence-electron chi connectivity index (χ3n) is 3.51. The number of halogens is 1. The molecule has 3 heterocycles. The van der Waals surface area contributed by atoms with Crippen molar-refractivity contribution in [3.8, 4) is 5.13 Å². The van der Waals surface area contributed by atoms with Crippen LogP contribution in [0.2, 0.25) is 5.15 Å². The Morgan fingerprint density at radius 1 is 1.52 bits per heavy atom.